The molecule has 0 saturated carbocycles. The van der Waals surface area contributed by atoms with Crippen LogP contribution in [0.3, 0.4) is 0 Å². The molecule has 82 valence electrons. The largest absolute Gasteiger partial charge is 0.381 e. The number of ketones is 1. The van der Waals surface area contributed by atoms with Crippen LogP contribution in [-0.4, -0.2) is 25.5 Å². The fraction of sp³-hybridized carbons (Fsp3) is 0.909. The van der Waals surface area contributed by atoms with Crippen LogP contribution in [0.15, 0.2) is 0 Å². The number of hydrogen-bond acceptors (Lipinski definition) is 3. The summed E-state index contributed by atoms with van der Waals surface area (Å²) in [6, 6.07) is 0. The first-order valence-electron chi connectivity index (χ1n) is 5.54. The molecule has 2 N–H and O–H groups in total. The summed E-state index contributed by atoms with van der Waals surface area (Å²) >= 11 is 0. The molecule has 1 heterocycles. The van der Waals surface area contributed by atoms with Crippen LogP contribution in [0.25, 0.3) is 0 Å². The maximum Gasteiger partial charge on any atom is 0.138 e. The molecule has 0 aromatic rings. The first-order chi connectivity index (χ1) is 6.74. The van der Waals surface area contributed by atoms with E-state index in [1.54, 1.807) is 0 Å². The first-order valence-corrected chi connectivity index (χ1v) is 5.54. The third-order valence-corrected chi connectivity index (χ3v) is 2.90. The highest BCUT2D eigenvalue weighted by atomic mass is 16.5. The highest BCUT2D eigenvalue weighted by Crippen LogP contribution is 2.17. The molecule has 1 aliphatic heterocycles. The maximum atomic E-state index is 11.7. The van der Waals surface area contributed by atoms with Crippen molar-refractivity contribution in [3.05, 3.63) is 0 Å². The molecular weight excluding hydrogens is 178 g/mol. The lowest BCUT2D eigenvalue weighted by Gasteiger charge is -2.21. The summed E-state index contributed by atoms with van der Waals surface area (Å²) in [7, 11) is 0. The van der Waals surface area contributed by atoms with Crippen LogP contribution in [-0.2, 0) is 9.53 Å². The Hall–Kier alpha value is -0.410. The van der Waals surface area contributed by atoms with E-state index in [1.165, 1.54) is 0 Å². The zero-order valence-corrected chi connectivity index (χ0v) is 9.00. The van der Waals surface area contributed by atoms with E-state index in [1.807, 2.05) is 0 Å². The van der Waals surface area contributed by atoms with Crippen molar-refractivity contribution in [2.45, 2.75) is 32.6 Å². The van der Waals surface area contributed by atoms with Crippen molar-refractivity contribution in [3.63, 3.8) is 0 Å². The van der Waals surface area contributed by atoms with E-state index in [0.717, 1.165) is 25.9 Å². The SMILES string of the molecule is CC(CN)CCC(=O)C1CCCOC1. The molecule has 1 saturated heterocycles. The lowest BCUT2D eigenvalue weighted by Crippen LogP contribution is -2.25. The van der Waals surface area contributed by atoms with Crippen molar-refractivity contribution in [3.8, 4) is 0 Å². The Kier molecular flexibility index (Phi) is 5.12. The molecule has 14 heavy (non-hydrogen) atoms. The van der Waals surface area contributed by atoms with Crippen LogP contribution >= 0.6 is 0 Å². The van der Waals surface area contributed by atoms with Gasteiger partial charge in [-0.25, -0.2) is 0 Å². The summed E-state index contributed by atoms with van der Waals surface area (Å²) in [5.74, 6) is 0.988. The molecule has 0 aromatic carbocycles. The monoisotopic (exact) mass is 199 g/mol. The lowest BCUT2D eigenvalue weighted by molar-refractivity contribution is -0.127. The van der Waals surface area contributed by atoms with E-state index in [0.29, 0.717) is 31.3 Å². The van der Waals surface area contributed by atoms with Gasteiger partial charge in [0.05, 0.1) is 6.61 Å². The Balaban J connectivity index is 2.19. The van der Waals surface area contributed by atoms with Crippen LogP contribution in [0.5, 0.6) is 0 Å². The minimum Gasteiger partial charge on any atom is -0.381 e. The Bertz CT molecular complexity index is 176. The zero-order valence-electron chi connectivity index (χ0n) is 9.00. The number of carbonyl (C=O) groups excluding carboxylic acids is 1. The van der Waals surface area contributed by atoms with Gasteiger partial charge in [0.15, 0.2) is 0 Å². The number of hydrogen-bond donors (Lipinski definition) is 1. The highest BCUT2D eigenvalue weighted by molar-refractivity contribution is 5.81. The van der Waals surface area contributed by atoms with Gasteiger partial charge in [0.1, 0.15) is 5.78 Å². The molecule has 0 aromatic heterocycles. The van der Waals surface area contributed by atoms with Crippen molar-refractivity contribution in [1.82, 2.24) is 0 Å². The molecule has 1 rings (SSSR count). The molecule has 1 aliphatic rings. The maximum absolute atomic E-state index is 11.7. The van der Waals surface area contributed by atoms with Gasteiger partial charge in [-0.05, 0) is 31.7 Å². The molecule has 0 aliphatic carbocycles. The van der Waals surface area contributed by atoms with E-state index in [2.05, 4.69) is 6.92 Å². The number of nitrogens with two attached hydrogens (primary N) is 1. The fourth-order valence-electron chi connectivity index (χ4n) is 1.71. The third-order valence-electron chi connectivity index (χ3n) is 2.90. The van der Waals surface area contributed by atoms with Gasteiger partial charge in [-0.3, -0.25) is 4.79 Å². The molecule has 0 spiro atoms. The van der Waals surface area contributed by atoms with Gasteiger partial charge in [0.25, 0.3) is 0 Å². The van der Waals surface area contributed by atoms with Gasteiger partial charge in [-0.15, -0.1) is 0 Å². The molecular formula is C11H21NO2. The van der Waals surface area contributed by atoms with E-state index in [4.69, 9.17) is 10.5 Å². The van der Waals surface area contributed by atoms with Gasteiger partial charge < -0.3 is 10.5 Å². The number of rotatable bonds is 5. The van der Waals surface area contributed by atoms with E-state index in [9.17, 15) is 4.79 Å². The summed E-state index contributed by atoms with van der Waals surface area (Å²) in [5, 5.41) is 0. The second kappa shape index (κ2) is 6.14. The highest BCUT2D eigenvalue weighted by Gasteiger charge is 2.21. The number of ether oxygens (including phenoxy) is 1. The van der Waals surface area contributed by atoms with Gasteiger partial charge >= 0.3 is 0 Å². The summed E-state index contributed by atoms with van der Waals surface area (Å²) < 4.78 is 5.29. The number of carbonyl (C=O) groups is 1. The molecule has 0 bridgehead atoms. The molecule has 3 nitrogen and oxygen atoms in total. The Morgan fingerprint density at radius 1 is 1.64 bits per heavy atom. The van der Waals surface area contributed by atoms with E-state index >= 15 is 0 Å². The average molecular weight is 199 g/mol. The first kappa shape index (κ1) is 11.7. The van der Waals surface area contributed by atoms with Crippen LogP contribution in [0.1, 0.15) is 32.6 Å². The molecule has 2 unspecified atom stereocenters. The fourth-order valence-corrected chi connectivity index (χ4v) is 1.71. The minimum atomic E-state index is 0.161. The summed E-state index contributed by atoms with van der Waals surface area (Å²) in [4.78, 5) is 11.7. The normalized spacial score (nSPS) is 24.6. The Morgan fingerprint density at radius 3 is 3.00 bits per heavy atom. The minimum absolute atomic E-state index is 0.161. The van der Waals surface area contributed by atoms with Crippen molar-refractivity contribution >= 4 is 5.78 Å². The molecule has 3 heteroatoms. The predicted molar refractivity (Wildman–Crippen MR) is 56.0 cm³/mol. The number of Topliss-reactive ketones (excluding diaryl/α,β-unsaturated/α-hetero) is 1. The zero-order chi connectivity index (χ0) is 10.4. The van der Waals surface area contributed by atoms with Gasteiger partial charge in [-0.1, -0.05) is 6.92 Å². The Labute approximate surface area is 86.0 Å². The molecule has 0 radical (unpaired) electrons. The van der Waals surface area contributed by atoms with Crippen LogP contribution in [0.4, 0.5) is 0 Å². The van der Waals surface area contributed by atoms with Gasteiger partial charge in [0.2, 0.25) is 0 Å². The molecule has 0 amide bonds. The standard InChI is InChI=1S/C11H21NO2/c1-9(7-12)4-5-11(13)10-3-2-6-14-8-10/h9-10H,2-8,12H2,1H3. The summed E-state index contributed by atoms with van der Waals surface area (Å²) in [5.41, 5.74) is 5.50. The lowest BCUT2D eigenvalue weighted by atomic mass is 9.92. The second-order valence-corrected chi connectivity index (χ2v) is 4.26. The van der Waals surface area contributed by atoms with Gasteiger partial charge in [0, 0.05) is 18.9 Å². The van der Waals surface area contributed by atoms with Crippen molar-refractivity contribution in [2.24, 2.45) is 17.6 Å². The molecule has 1 fully saturated rings. The van der Waals surface area contributed by atoms with Crippen LogP contribution in [0, 0.1) is 11.8 Å². The van der Waals surface area contributed by atoms with Crippen molar-refractivity contribution in [1.29, 1.82) is 0 Å². The predicted octanol–water partition coefficient (Wildman–Crippen LogP) is 1.36. The smallest absolute Gasteiger partial charge is 0.138 e. The average Bonchev–Trinajstić information content (AvgIpc) is 2.26. The quantitative estimate of drug-likeness (QED) is 0.727. The van der Waals surface area contributed by atoms with E-state index < -0.39 is 0 Å². The van der Waals surface area contributed by atoms with Crippen molar-refractivity contribution in [2.75, 3.05) is 19.8 Å². The second-order valence-electron chi connectivity index (χ2n) is 4.26. The van der Waals surface area contributed by atoms with Crippen LogP contribution in [0.2, 0.25) is 0 Å². The Morgan fingerprint density at radius 2 is 2.43 bits per heavy atom. The molecule has 2 atom stereocenters. The summed E-state index contributed by atoms with van der Waals surface area (Å²) in [6.45, 7) is 4.22. The van der Waals surface area contributed by atoms with Crippen molar-refractivity contribution < 1.29 is 9.53 Å². The third kappa shape index (κ3) is 3.76. The van der Waals surface area contributed by atoms with Crippen LogP contribution < -0.4 is 5.73 Å². The topological polar surface area (TPSA) is 52.3 Å². The van der Waals surface area contributed by atoms with Gasteiger partial charge in [-0.2, -0.15) is 0 Å². The summed E-state index contributed by atoms with van der Waals surface area (Å²) in [6.07, 6.45) is 3.64. The van der Waals surface area contributed by atoms with E-state index in [-0.39, 0.29) is 5.92 Å².